The second-order valence-electron chi connectivity index (χ2n) is 7.83. The van der Waals surface area contributed by atoms with Crippen LogP contribution in [-0.4, -0.2) is 35.8 Å². The molecule has 1 fully saturated rings. The van der Waals surface area contributed by atoms with Gasteiger partial charge < -0.3 is 10.6 Å². The van der Waals surface area contributed by atoms with Crippen molar-refractivity contribution in [1.29, 1.82) is 0 Å². The zero-order valence-electron chi connectivity index (χ0n) is 17.2. The topological polar surface area (TPSA) is 61.4 Å². The van der Waals surface area contributed by atoms with E-state index in [9.17, 15) is 9.59 Å². The Balaban J connectivity index is 1.52. The third-order valence-electron chi connectivity index (χ3n) is 5.16. The third-order valence-corrected chi connectivity index (χ3v) is 6.01. The van der Waals surface area contributed by atoms with Gasteiger partial charge in [0.15, 0.2) is 0 Å². The number of nitrogens with zero attached hydrogens (tertiary/aromatic N) is 1. The number of hydrogen-bond acceptors (Lipinski definition) is 3. The molecule has 0 atom stereocenters. The van der Waals surface area contributed by atoms with Gasteiger partial charge in [0.1, 0.15) is 0 Å². The predicted octanol–water partition coefficient (Wildman–Crippen LogP) is 4.81. The summed E-state index contributed by atoms with van der Waals surface area (Å²) < 4.78 is 0.970. The average molecular weight is 458 g/mol. The van der Waals surface area contributed by atoms with Crippen LogP contribution in [0.25, 0.3) is 0 Å². The fourth-order valence-corrected chi connectivity index (χ4v) is 3.59. The number of hydrogen-bond donors (Lipinski definition) is 2. The van der Waals surface area contributed by atoms with Crippen molar-refractivity contribution in [2.75, 3.05) is 23.7 Å². The number of carbonyl (C=O) groups excluding carboxylic acids is 2. The summed E-state index contributed by atoms with van der Waals surface area (Å²) in [6.07, 6.45) is 2.53. The number of halogens is 1. The van der Waals surface area contributed by atoms with Gasteiger partial charge in [0.05, 0.1) is 6.54 Å². The minimum absolute atomic E-state index is 0.0338. The maximum Gasteiger partial charge on any atom is 0.238 e. The highest BCUT2D eigenvalue weighted by Gasteiger charge is 2.30. The molecular weight excluding hydrogens is 430 g/mol. The monoisotopic (exact) mass is 457 g/mol. The molecule has 0 aromatic heterocycles. The molecule has 154 valence electrons. The van der Waals surface area contributed by atoms with Crippen LogP contribution in [0, 0.1) is 20.8 Å². The molecule has 0 bridgehead atoms. The van der Waals surface area contributed by atoms with Crippen molar-refractivity contribution >= 4 is 39.1 Å². The minimum Gasteiger partial charge on any atom is -0.326 e. The lowest BCUT2D eigenvalue weighted by Crippen LogP contribution is -2.37. The molecule has 29 heavy (non-hydrogen) atoms. The summed E-state index contributed by atoms with van der Waals surface area (Å²) in [7, 11) is 0. The van der Waals surface area contributed by atoms with E-state index in [1.165, 1.54) is 0 Å². The Kier molecular flexibility index (Phi) is 7.09. The molecule has 1 aliphatic rings. The van der Waals surface area contributed by atoms with E-state index in [0.717, 1.165) is 45.4 Å². The Hall–Kier alpha value is -2.18. The molecule has 0 spiro atoms. The van der Waals surface area contributed by atoms with Crippen LogP contribution in [-0.2, 0) is 9.59 Å². The smallest absolute Gasteiger partial charge is 0.238 e. The zero-order chi connectivity index (χ0) is 21.0. The lowest BCUT2D eigenvalue weighted by molar-refractivity contribution is -0.119. The summed E-state index contributed by atoms with van der Waals surface area (Å²) in [4.78, 5) is 27.0. The number of rotatable bonds is 8. The van der Waals surface area contributed by atoms with E-state index in [-0.39, 0.29) is 11.8 Å². The SMILES string of the molecule is Cc1ccc(C)c(NC(=O)CN(CCC(=O)Nc2ccc(C)c(Br)c2)C2CC2)c1. The summed E-state index contributed by atoms with van der Waals surface area (Å²) >= 11 is 3.49. The molecule has 0 aliphatic heterocycles. The summed E-state index contributed by atoms with van der Waals surface area (Å²) in [5.41, 5.74) is 4.92. The normalized spacial score (nSPS) is 13.4. The number of carbonyl (C=O) groups is 2. The highest BCUT2D eigenvalue weighted by Crippen LogP contribution is 2.27. The maximum absolute atomic E-state index is 12.6. The van der Waals surface area contributed by atoms with Gasteiger partial charge >= 0.3 is 0 Å². The first kappa shape index (κ1) is 21.5. The molecule has 0 heterocycles. The first-order valence-electron chi connectivity index (χ1n) is 9.99. The van der Waals surface area contributed by atoms with Gasteiger partial charge in [-0.3, -0.25) is 14.5 Å². The van der Waals surface area contributed by atoms with Crippen LogP contribution >= 0.6 is 15.9 Å². The van der Waals surface area contributed by atoms with Gasteiger partial charge in [-0.1, -0.05) is 34.1 Å². The molecule has 3 rings (SSSR count). The van der Waals surface area contributed by atoms with E-state index in [2.05, 4.69) is 31.5 Å². The fraction of sp³-hybridized carbons (Fsp3) is 0.391. The van der Waals surface area contributed by atoms with Crippen molar-refractivity contribution < 1.29 is 9.59 Å². The van der Waals surface area contributed by atoms with Crippen LogP contribution in [0.5, 0.6) is 0 Å². The highest BCUT2D eigenvalue weighted by atomic mass is 79.9. The number of aryl methyl sites for hydroxylation is 3. The number of anilines is 2. The van der Waals surface area contributed by atoms with Gasteiger partial charge in [-0.2, -0.15) is 0 Å². The minimum atomic E-state index is -0.0404. The standard InChI is InChI=1S/C23H28BrN3O2/c1-15-4-5-17(3)21(12-15)26-23(29)14-27(19-8-9-19)11-10-22(28)25-18-7-6-16(2)20(24)13-18/h4-7,12-13,19H,8-11,14H2,1-3H3,(H,25,28)(H,26,29). The maximum atomic E-state index is 12.6. The molecule has 2 N–H and O–H groups in total. The van der Waals surface area contributed by atoms with Crippen LogP contribution in [0.4, 0.5) is 11.4 Å². The number of benzene rings is 2. The Bertz CT molecular complexity index is 909. The van der Waals surface area contributed by atoms with Gasteiger partial charge in [0, 0.05) is 34.9 Å². The van der Waals surface area contributed by atoms with Crippen LogP contribution in [0.3, 0.4) is 0 Å². The first-order valence-corrected chi connectivity index (χ1v) is 10.8. The molecule has 0 radical (unpaired) electrons. The van der Waals surface area contributed by atoms with Gasteiger partial charge in [0.25, 0.3) is 0 Å². The summed E-state index contributed by atoms with van der Waals surface area (Å²) in [5.74, 6) is -0.0742. The van der Waals surface area contributed by atoms with Crippen LogP contribution in [0.15, 0.2) is 40.9 Å². The Labute approximate surface area is 181 Å². The Morgan fingerprint density at radius 1 is 1.00 bits per heavy atom. The molecule has 2 amide bonds. The average Bonchev–Trinajstić information content (AvgIpc) is 3.50. The highest BCUT2D eigenvalue weighted by molar-refractivity contribution is 9.10. The van der Waals surface area contributed by atoms with Crippen molar-refractivity contribution in [3.63, 3.8) is 0 Å². The van der Waals surface area contributed by atoms with E-state index in [1.807, 2.05) is 57.2 Å². The Morgan fingerprint density at radius 3 is 2.41 bits per heavy atom. The molecule has 2 aromatic carbocycles. The number of nitrogens with one attached hydrogen (secondary N) is 2. The molecule has 6 heteroatoms. The van der Waals surface area contributed by atoms with E-state index >= 15 is 0 Å². The van der Waals surface area contributed by atoms with Crippen molar-refractivity contribution in [2.24, 2.45) is 0 Å². The van der Waals surface area contributed by atoms with Crippen LogP contribution < -0.4 is 10.6 Å². The third kappa shape index (κ3) is 6.41. The lowest BCUT2D eigenvalue weighted by atomic mass is 10.1. The lowest BCUT2D eigenvalue weighted by Gasteiger charge is -2.21. The fourth-order valence-electron chi connectivity index (χ4n) is 3.21. The van der Waals surface area contributed by atoms with Gasteiger partial charge in [0.2, 0.25) is 11.8 Å². The second kappa shape index (κ2) is 9.55. The van der Waals surface area contributed by atoms with E-state index in [1.54, 1.807) is 0 Å². The van der Waals surface area contributed by atoms with Crippen molar-refractivity contribution in [3.05, 3.63) is 57.6 Å². The van der Waals surface area contributed by atoms with Gasteiger partial charge in [-0.05, 0) is 68.5 Å². The van der Waals surface area contributed by atoms with Gasteiger partial charge in [-0.15, -0.1) is 0 Å². The molecule has 2 aromatic rings. The molecular formula is C23H28BrN3O2. The number of amides is 2. The first-order chi connectivity index (χ1) is 13.8. The van der Waals surface area contributed by atoms with Crippen molar-refractivity contribution in [3.8, 4) is 0 Å². The predicted molar refractivity (Wildman–Crippen MR) is 121 cm³/mol. The molecule has 5 nitrogen and oxygen atoms in total. The van der Waals surface area contributed by atoms with E-state index in [4.69, 9.17) is 0 Å². The van der Waals surface area contributed by atoms with Crippen molar-refractivity contribution in [1.82, 2.24) is 4.90 Å². The van der Waals surface area contributed by atoms with E-state index in [0.29, 0.717) is 25.6 Å². The summed E-state index contributed by atoms with van der Waals surface area (Å²) in [6, 6.07) is 12.2. The largest absolute Gasteiger partial charge is 0.326 e. The van der Waals surface area contributed by atoms with Gasteiger partial charge in [-0.25, -0.2) is 0 Å². The van der Waals surface area contributed by atoms with Crippen LogP contribution in [0.1, 0.15) is 36.0 Å². The molecule has 1 saturated carbocycles. The van der Waals surface area contributed by atoms with Crippen LogP contribution in [0.2, 0.25) is 0 Å². The quantitative estimate of drug-likeness (QED) is 0.597. The molecule has 1 aliphatic carbocycles. The van der Waals surface area contributed by atoms with E-state index < -0.39 is 0 Å². The summed E-state index contributed by atoms with van der Waals surface area (Å²) in [6.45, 7) is 6.88. The summed E-state index contributed by atoms with van der Waals surface area (Å²) in [5, 5.41) is 5.95. The van der Waals surface area contributed by atoms with Crippen molar-refractivity contribution in [2.45, 2.75) is 46.1 Å². The second-order valence-corrected chi connectivity index (χ2v) is 8.68. The molecule has 0 saturated heterocycles. The molecule has 0 unspecified atom stereocenters. The zero-order valence-corrected chi connectivity index (χ0v) is 18.8. The Morgan fingerprint density at radius 2 is 1.72 bits per heavy atom.